The zero-order valence-corrected chi connectivity index (χ0v) is 17.6. The molecule has 0 aliphatic carbocycles. The number of benzene rings is 2. The van der Waals surface area contributed by atoms with Gasteiger partial charge in [0.15, 0.2) is 0 Å². The Bertz CT molecular complexity index is 914. The van der Waals surface area contributed by atoms with E-state index in [4.69, 9.17) is 39.5 Å². The van der Waals surface area contributed by atoms with Crippen LogP contribution in [0.3, 0.4) is 0 Å². The van der Waals surface area contributed by atoms with E-state index in [1.165, 1.54) is 19.3 Å². The first-order chi connectivity index (χ1) is 13.3. The minimum atomic E-state index is -0.419. The molecule has 5 nitrogen and oxygen atoms in total. The minimum absolute atomic E-state index is 0.105. The van der Waals surface area contributed by atoms with Gasteiger partial charge in [0, 0.05) is 28.8 Å². The van der Waals surface area contributed by atoms with Crippen LogP contribution < -0.4 is 15.4 Å². The Morgan fingerprint density at radius 1 is 1.07 bits per heavy atom. The van der Waals surface area contributed by atoms with Crippen LogP contribution >= 0.6 is 34.8 Å². The summed E-state index contributed by atoms with van der Waals surface area (Å²) in [5.74, 6) is -0.113. The average molecular weight is 442 g/mol. The Labute approximate surface area is 178 Å². The molecule has 0 spiro atoms. The Morgan fingerprint density at radius 3 is 2.50 bits per heavy atom. The molecule has 28 heavy (non-hydrogen) atoms. The number of anilines is 2. The van der Waals surface area contributed by atoms with Crippen LogP contribution in [0.2, 0.25) is 15.1 Å². The maximum atomic E-state index is 12.3. The molecule has 2 amide bonds. The molecular formula is C20H19Cl3N2O3. The van der Waals surface area contributed by atoms with Crippen molar-refractivity contribution in [2.24, 2.45) is 0 Å². The number of methoxy groups -OCH3 is 1. The molecule has 0 aromatic heterocycles. The van der Waals surface area contributed by atoms with Gasteiger partial charge >= 0.3 is 0 Å². The van der Waals surface area contributed by atoms with E-state index in [9.17, 15) is 9.59 Å². The van der Waals surface area contributed by atoms with E-state index in [1.54, 1.807) is 30.3 Å². The summed E-state index contributed by atoms with van der Waals surface area (Å²) in [5.41, 5.74) is 1.48. The number of carbonyl (C=O) groups is 2. The zero-order valence-electron chi connectivity index (χ0n) is 15.3. The Kier molecular flexibility index (Phi) is 8.18. The van der Waals surface area contributed by atoms with Gasteiger partial charge in [0.05, 0.1) is 22.8 Å². The van der Waals surface area contributed by atoms with Crippen LogP contribution in [0, 0.1) is 0 Å². The van der Waals surface area contributed by atoms with Crippen LogP contribution in [0.4, 0.5) is 11.4 Å². The van der Waals surface area contributed by atoms with Crippen molar-refractivity contribution in [3.63, 3.8) is 0 Å². The Morgan fingerprint density at radius 2 is 1.82 bits per heavy atom. The van der Waals surface area contributed by atoms with Crippen LogP contribution in [0.25, 0.3) is 6.08 Å². The lowest BCUT2D eigenvalue weighted by Gasteiger charge is -2.10. The summed E-state index contributed by atoms with van der Waals surface area (Å²) in [6.45, 7) is 1.92. The summed E-state index contributed by atoms with van der Waals surface area (Å²) in [5, 5.41) is 6.54. The number of ether oxygens (including phenoxy) is 1. The lowest BCUT2D eigenvalue weighted by atomic mass is 10.2. The minimum Gasteiger partial charge on any atom is -0.495 e. The van der Waals surface area contributed by atoms with E-state index in [0.29, 0.717) is 44.2 Å². The number of halogens is 3. The molecule has 0 saturated heterocycles. The molecule has 148 valence electrons. The second-order valence-electron chi connectivity index (χ2n) is 5.83. The molecule has 0 aliphatic rings. The smallest absolute Gasteiger partial charge is 0.248 e. The molecule has 0 unspecified atom stereocenters. The van der Waals surface area contributed by atoms with Crippen LogP contribution in [-0.2, 0) is 9.59 Å². The summed E-state index contributed by atoms with van der Waals surface area (Å²) >= 11 is 18.2. The van der Waals surface area contributed by atoms with Gasteiger partial charge in [-0.05, 0) is 42.8 Å². The third-order valence-corrected chi connectivity index (χ3v) is 4.47. The lowest BCUT2D eigenvalue weighted by molar-refractivity contribution is -0.116. The van der Waals surface area contributed by atoms with Crippen molar-refractivity contribution < 1.29 is 14.3 Å². The fraction of sp³-hybridized carbons (Fsp3) is 0.200. The maximum Gasteiger partial charge on any atom is 0.248 e. The summed E-state index contributed by atoms with van der Waals surface area (Å²) in [4.78, 5) is 24.0. The van der Waals surface area contributed by atoms with Gasteiger partial charge < -0.3 is 15.4 Å². The van der Waals surface area contributed by atoms with Crippen molar-refractivity contribution >= 4 is 64.1 Å². The summed E-state index contributed by atoms with van der Waals surface area (Å²) in [6.07, 6.45) is 4.00. The van der Waals surface area contributed by atoms with Crippen LogP contribution in [0.15, 0.2) is 36.4 Å². The largest absolute Gasteiger partial charge is 0.495 e. The second-order valence-corrected chi connectivity index (χ2v) is 7.08. The predicted molar refractivity (Wildman–Crippen MR) is 116 cm³/mol. The van der Waals surface area contributed by atoms with Gasteiger partial charge in [0.2, 0.25) is 11.8 Å². The summed E-state index contributed by atoms with van der Waals surface area (Å²) < 4.78 is 5.24. The quantitative estimate of drug-likeness (QED) is 0.514. The molecule has 0 atom stereocenters. The fourth-order valence-corrected chi connectivity index (χ4v) is 3.16. The molecule has 2 aromatic carbocycles. The van der Waals surface area contributed by atoms with Gasteiger partial charge in [-0.25, -0.2) is 0 Å². The zero-order chi connectivity index (χ0) is 20.7. The van der Waals surface area contributed by atoms with Crippen molar-refractivity contribution in [2.75, 3.05) is 17.7 Å². The van der Waals surface area contributed by atoms with Crippen molar-refractivity contribution in [1.29, 1.82) is 0 Å². The first kappa shape index (κ1) is 22.1. The number of hydrogen-bond donors (Lipinski definition) is 2. The lowest BCUT2D eigenvalue weighted by Crippen LogP contribution is -2.12. The van der Waals surface area contributed by atoms with E-state index in [-0.39, 0.29) is 5.91 Å². The number of hydrogen-bond acceptors (Lipinski definition) is 3. The summed E-state index contributed by atoms with van der Waals surface area (Å²) in [6, 6.07) is 8.05. The standard InChI is InChI=1S/C20H19Cl3N2O3/c1-3-4-18(26)24-14-6-7-15(22)17(11-14)25-19(27)8-5-12-9-13(21)10-16(23)20(12)28-2/h5-11H,3-4H2,1-2H3,(H,24,26)(H,25,27). The van der Waals surface area contributed by atoms with Gasteiger partial charge in [-0.3, -0.25) is 9.59 Å². The van der Waals surface area contributed by atoms with Gasteiger partial charge in [-0.2, -0.15) is 0 Å². The first-order valence-electron chi connectivity index (χ1n) is 8.45. The number of amides is 2. The molecule has 0 aliphatic heterocycles. The molecule has 0 fully saturated rings. The van der Waals surface area contributed by atoms with Crippen molar-refractivity contribution in [3.05, 3.63) is 57.0 Å². The topological polar surface area (TPSA) is 67.4 Å². The van der Waals surface area contributed by atoms with Gasteiger partial charge in [-0.15, -0.1) is 0 Å². The molecule has 0 radical (unpaired) electrons. The van der Waals surface area contributed by atoms with Crippen LogP contribution in [0.1, 0.15) is 25.3 Å². The SMILES string of the molecule is CCCC(=O)Nc1ccc(Cl)c(NC(=O)C=Cc2cc(Cl)cc(Cl)c2OC)c1. The van der Waals surface area contributed by atoms with E-state index < -0.39 is 5.91 Å². The number of nitrogens with one attached hydrogen (secondary N) is 2. The molecule has 0 bridgehead atoms. The molecule has 2 aromatic rings. The van der Waals surface area contributed by atoms with E-state index in [2.05, 4.69) is 10.6 Å². The van der Waals surface area contributed by atoms with Crippen molar-refractivity contribution in [3.8, 4) is 5.75 Å². The van der Waals surface area contributed by atoms with Crippen molar-refractivity contribution in [2.45, 2.75) is 19.8 Å². The number of rotatable bonds is 7. The maximum absolute atomic E-state index is 12.3. The third kappa shape index (κ3) is 6.16. The third-order valence-electron chi connectivity index (χ3n) is 3.64. The van der Waals surface area contributed by atoms with Crippen molar-refractivity contribution in [1.82, 2.24) is 0 Å². The predicted octanol–water partition coefficient (Wildman–Crippen LogP) is 6.05. The van der Waals surface area contributed by atoms with Gasteiger partial charge in [0.1, 0.15) is 5.75 Å². The van der Waals surface area contributed by atoms with Crippen LogP contribution in [0.5, 0.6) is 5.75 Å². The van der Waals surface area contributed by atoms with Crippen LogP contribution in [-0.4, -0.2) is 18.9 Å². The average Bonchev–Trinajstić information content (AvgIpc) is 2.62. The summed E-state index contributed by atoms with van der Waals surface area (Å²) in [7, 11) is 1.48. The molecule has 0 heterocycles. The second kappa shape index (κ2) is 10.4. The molecule has 8 heteroatoms. The molecule has 0 saturated carbocycles. The Balaban J connectivity index is 2.15. The number of carbonyl (C=O) groups excluding carboxylic acids is 2. The van der Waals surface area contributed by atoms with E-state index in [0.717, 1.165) is 6.42 Å². The first-order valence-corrected chi connectivity index (χ1v) is 9.59. The van der Waals surface area contributed by atoms with E-state index in [1.807, 2.05) is 6.92 Å². The molecule has 2 N–H and O–H groups in total. The Hall–Kier alpha value is -2.21. The van der Waals surface area contributed by atoms with E-state index >= 15 is 0 Å². The highest BCUT2D eigenvalue weighted by Crippen LogP contribution is 2.33. The highest BCUT2D eigenvalue weighted by Gasteiger charge is 2.10. The van der Waals surface area contributed by atoms with Gasteiger partial charge in [-0.1, -0.05) is 41.7 Å². The monoisotopic (exact) mass is 440 g/mol. The van der Waals surface area contributed by atoms with Gasteiger partial charge in [0.25, 0.3) is 0 Å². The molecule has 2 rings (SSSR count). The highest BCUT2D eigenvalue weighted by atomic mass is 35.5. The normalized spacial score (nSPS) is 10.8. The highest BCUT2D eigenvalue weighted by molar-refractivity contribution is 6.36. The fourth-order valence-electron chi connectivity index (χ4n) is 2.41. The molecular weight excluding hydrogens is 423 g/mol.